The summed E-state index contributed by atoms with van der Waals surface area (Å²) in [6.07, 6.45) is 6.59. The van der Waals surface area contributed by atoms with E-state index in [1.165, 1.54) is 37.7 Å². The Hall–Kier alpha value is -0.460. The summed E-state index contributed by atoms with van der Waals surface area (Å²) in [6.45, 7) is 8.87. The zero-order chi connectivity index (χ0) is 19.9. The van der Waals surface area contributed by atoms with Crippen molar-refractivity contribution < 1.29 is 25.2 Å². The lowest BCUT2D eigenvalue weighted by molar-refractivity contribution is -0.0992. The normalized spacial score (nSPS) is 17.3. The Morgan fingerprint density at radius 2 is 1.62 bits per heavy atom. The molecular formula is C21H42O5. The Bertz CT molecular complexity index is 356. The smallest absolute Gasteiger partial charge is 0.110 e. The highest BCUT2D eigenvalue weighted by atomic mass is 16.5. The Kier molecular flexibility index (Phi) is 15.3. The summed E-state index contributed by atoms with van der Waals surface area (Å²) in [5, 5.41) is 37.1. The van der Waals surface area contributed by atoms with E-state index in [9.17, 15) is 15.3 Å². The predicted molar refractivity (Wildman–Crippen MR) is 106 cm³/mol. The minimum absolute atomic E-state index is 0.0565. The molecule has 0 radical (unpaired) electrons. The van der Waals surface area contributed by atoms with Gasteiger partial charge in [-0.05, 0) is 38.0 Å². The molecule has 0 fully saturated rings. The summed E-state index contributed by atoms with van der Waals surface area (Å²) in [7, 11) is 0. The molecule has 5 heteroatoms. The minimum Gasteiger partial charge on any atom is -0.394 e. The first-order valence-electron chi connectivity index (χ1n) is 10.2. The molecule has 0 spiro atoms. The van der Waals surface area contributed by atoms with E-state index >= 15 is 0 Å². The Balaban J connectivity index is 3.73. The van der Waals surface area contributed by atoms with Crippen molar-refractivity contribution in [3.63, 3.8) is 0 Å². The van der Waals surface area contributed by atoms with Crippen LogP contribution in [0.3, 0.4) is 0 Å². The zero-order valence-electron chi connectivity index (χ0n) is 17.2. The Morgan fingerprint density at radius 1 is 0.962 bits per heavy atom. The third-order valence-electron chi connectivity index (χ3n) is 4.77. The van der Waals surface area contributed by atoms with Gasteiger partial charge < -0.3 is 25.2 Å². The van der Waals surface area contributed by atoms with Crippen LogP contribution in [0.4, 0.5) is 0 Å². The quantitative estimate of drug-likeness (QED) is 0.246. The molecule has 0 heterocycles. The van der Waals surface area contributed by atoms with Crippen LogP contribution in [0.1, 0.15) is 72.6 Å². The fourth-order valence-electron chi connectivity index (χ4n) is 2.91. The number of hydrogen-bond donors (Lipinski definition) is 4. The van der Waals surface area contributed by atoms with Crippen LogP contribution in [0.15, 0.2) is 11.6 Å². The number of aliphatic hydroxyl groups excluding tert-OH is 4. The van der Waals surface area contributed by atoms with Gasteiger partial charge in [0.1, 0.15) is 18.3 Å². The van der Waals surface area contributed by atoms with E-state index in [1.54, 1.807) is 0 Å². The average Bonchev–Trinajstić information content (AvgIpc) is 2.59. The van der Waals surface area contributed by atoms with Crippen LogP contribution in [-0.2, 0) is 4.74 Å². The Morgan fingerprint density at radius 3 is 2.23 bits per heavy atom. The van der Waals surface area contributed by atoms with Crippen molar-refractivity contribution in [2.45, 2.75) is 91.0 Å². The van der Waals surface area contributed by atoms with Gasteiger partial charge in [0.25, 0.3) is 0 Å². The van der Waals surface area contributed by atoms with Crippen molar-refractivity contribution >= 4 is 0 Å². The molecular weight excluding hydrogens is 332 g/mol. The van der Waals surface area contributed by atoms with E-state index in [2.05, 4.69) is 33.8 Å². The van der Waals surface area contributed by atoms with Crippen molar-refractivity contribution in [1.29, 1.82) is 0 Å². The van der Waals surface area contributed by atoms with E-state index < -0.39 is 24.9 Å². The van der Waals surface area contributed by atoms with Gasteiger partial charge in [0.05, 0.1) is 19.8 Å². The van der Waals surface area contributed by atoms with Gasteiger partial charge in [0, 0.05) is 0 Å². The maximum atomic E-state index is 9.63. The molecule has 4 atom stereocenters. The average molecular weight is 375 g/mol. The van der Waals surface area contributed by atoms with Crippen LogP contribution in [0.25, 0.3) is 0 Å². The van der Waals surface area contributed by atoms with Crippen molar-refractivity contribution in [2.75, 3.05) is 19.8 Å². The van der Waals surface area contributed by atoms with Crippen LogP contribution in [0.5, 0.6) is 0 Å². The summed E-state index contributed by atoms with van der Waals surface area (Å²) < 4.78 is 5.32. The molecule has 0 aromatic carbocycles. The highest BCUT2D eigenvalue weighted by Crippen LogP contribution is 2.19. The molecule has 0 aromatic rings. The predicted octanol–water partition coefficient (Wildman–Crippen LogP) is 3.05. The highest BCUT2D eigenvalue weighted by Gasteiger charge is 2.23. The molecule has 0 amide bonds. The van der Waals surface area contributed by atoms with E-state index in [-0.39, 0.29) is 6.61 Å². The third-order valence-corrected chi connectivity index (χ3v) is 4.77. The maximum Gasteiger partial charge on any atom is 0.110 e. The zero-order valence-corrected chi connectivity index (χ0v) is 17.2. The van der Waals surface area contributed by atoms with Gasteiger partial charge in [0.15, 0.2) is 0 Å². The first kappa shape index (κ1) is 25.5. The molecule has 0 aromatic heterocycles. The number of hydrogen-bond acceptors (Lipinski definition) is 5. The molecule has 0 aliphatic rings. The fourth-order valence-corrected chi connectivity index (χ4v) is 2.91. The summed E-state index contributed by atoms with van der Waals surface area (Å²) in [4.78, 5) is 0. The van der Waals surface area contributed by atoms with Gasteiger partial charge in [-0.15, -0.1) is 0 Å². The van der Waals surface area contributed by atoms with E-state index in [4.69, 9.17) is 9.84 Å². The lowest BCUT2D eigenvalue weighted by Crippen LogP contribution is -2.41. The molecule has 1 unspecified atom stereocenters. The van der Waals surface area contributed by atoms with E-state index in [0.29, 0.717) is 6.61 Å². The van der Waals surface area contributed by atoms with Crippen LogP contribution in [-0.4, -0.2) is 58.6 Å². The van der Waals surface area contributed by atoms with Crippen molar-refractivity contribution in [3.05, 3.63) is 11.6 Å². The molecule has 0 saturated heterocycles. The van der Waals surface area contributed by atoms with Gasteiger partial charge in [-0.2, -0.15) is 0 Å². The Labute approximate surface area is 160 Å². The van der Waals surface area contributed by atoms with Crippen LogP contribution in [0, 0.1) is 11.8 Å². The summed E-state index contributed by atoms with van der Waals surface area (Å²) in [5.74, 6) is 1.60. The number of ether oxygens (including phenoxy) is 1. The SMILES string of the molecule is CC(=CCCOC[C@H](O)[C@@H](O)[C@H](O)CO)CCCC(C)CCCC(C)C. The lowest BCUT2D eigenvalue weighted by atomic mass is 9.94. The standard InChI is InChI=1S/C21H42O5/c1-16(2)8-5-9-17(3)10-6-11-18(4)12-7-13-26-15-20(24)21(25)19(23)14-22/h12,16-17,19-25H,5-11,13-15H2,1-4H3/t17?,19-,20+,21+/m1/s1. The van der Waals surface area contributed by atoms with Gasteiger partial charge in [-0.25, -0.2) is 0 Å². The van der Waals surface area contributed by atoms with Crippen LogP contribution in [0.2, 0.25) is 0 Å². The second kappa shape index (κ2) is 15.6. The molecule has 5 nitrogen and oxygen atoms in total. The van der Waals surface area contributed by atoms with Crippen molar-refractivity contribution in [2.24, 2.45) is 11.8 Å². The summed E-state index contributed by atoms with van der Waals surface area (Å²) in [6, 6.07) is 0. The summed E-state index contributed by atoms with van der Waals surface area (Å²) >= 11 is 0. The van der Waals surface area contributed by atoms with E-state index in [0.717, 1.165) is 24.7 Å². The topological polar surface area (TPSA) is 90.2 Å². The molecule has 156 valence electrons. The minimum atomic E-state index is -1.39. The molecule has 0 bridgehead atoms. The monoisotopic (exact) mass is 374 g/mol. The molecule has 0 aliphatic carbocycles. The first-order chi connectivity index (χ1) is 12.3. The summed E-state index contributed by atoms with van der Waals surface area (Å²) in [5.41, 5.74) is 1.36. The van der Waals surface area contributed by atoms with Gasteiger partial charge in [-0.1, -0.05) is 58.1 Å². The second-order valence-corrected chi connectivity index (χ2v) is 8.04. The van der Waals surface area contributed by atoms with Gasteiger partial charge in [0.2, 0.25) is 0 Å². The molecule has 0 saturated carbocycles. The van der Waals surface area contributed by atoms with Gasteiger partial charge in [-0.3, -0.25) is 0 Å². The molecule has 26 heavy (non-hydrogen) atoms. The third kappa shape index (κ3) is 13.7. The molecule has 4 N–H and O–H groups in total. The van der Waals surface area contributed by atoms with E-state index in [1.807, 2.05) is 0 Å². The fraction of sp³-hybridized carbons (Fsp3) is 0.905. The lowest BCUT2D eigenvalue weighted by Gasteiger charge is -2.21. The maximum absolute atomic E-state index is 9.63. The molecule has 0 aliphatic heterocycles. The molecule has 0 rings (SSSR count). The van der Waals surface area contributed by atoms with Crippen LogP contribution < -0.4 is 0 Å². The van der Waals surface area contributed by atoms with Crippen molar-refractivity contribution in [3.8, 4) is 0 Å². The largest absolute Gasteiger partial charge is 0.394 e. The van der Waals surface area contributed by atoms with Crippen molar-refractivity contribution in [1.82, 2.24) is 0 Å². The number of aliphatic hydroxyl groups is 4. The highest BCUT2D eigenvalue weighted by molar-refractivity contribution is 4.97. The first-order valence-corrected chi connectivity index (χ1v) is 10.2. The van der Waals surface area contributed by atoms with Crippen LogP contribution >= 0.6 is 0 Å². The second-order valence-electron chi connectivity index (χ2n) is 8.04. The number of allylic oxidation sites excluding steroid dienone is 1. The van der Waals surface area contributed by atoms with Gasteiger partial charge >= 0.3 is 0 Å². The number of rotatable bonds is 16.